The van der Waals surface area contributed by atoms with Crippen LogP contribution in [-0.2, 0) is 22.6 Å². The lowest BCUT2D eigenvalue weighted by Gasteiger charge is -2.37. The Balaban J connectivity index is 1.87. The molecular weight excluding hydrogens is 369 g/mol. The molecule has 0 aliphatic heterocycles. The molecule has 0 bridgehead atoms. The molecule has 26 heavy (non-hydrogen) atoms. The Morgan fingerprint density at radius 2 is 2.00 bits per heavy atom. The van der Waals surface area contributed by atoms with Gasteiger partial charge in [-0.25, -0.2) is 13.2 Å². The first kappa shape index (κ1) is 18.7. The van der Waals surface area contributed by atoms with Gasteiger partial charge in [0.1, 0.15) is 17.2 Å². The zero-order chi connectivity index (χ0) is 19.1. The maximum atomic E-state index is 15.5. The highest BCUT2D eigenvalue weighted by molar-refractivity contribution is 6.30. The van der Waals surface area contributed by atoms with Gasteiger partial charge in [0.05, 0.1) is 5.69 Å². The van der Waals surface area contributed by atoms with Gasteiger partial charge in [-0.1, -0.05) is 17.7 Å². The summed E-state index contributed by atoms with van der Waals surface area (Å²) in [5.74, 6) is -2.91. The highest BCUT2D eigenvalue weighted by Gasteiger charge is 2.50. The molecule has 1 aromatic carbocycles. The molecule has 0 fully saturated rings. The van der Waals surface area contributed by atoms with Gasteiger partial charge in [0.25, 0.3) is 5.91 Å². The van der Waals surface area contributed by atoms with Crippen LogP contribution in [0.1, 0.15) is 36.6 Å². The Morgan fingerprint density at radius 3 is 2.65 bits per heavy atom. The number of amides is 1. The standard InChI is InChI=1S/C18H16ClF3N2O2/c1-17(26)4-5-18(22,12-3-2-6-23-15(12)17)16(25)24-9-11-13(20)7-10(19)8-14(11)21/h2-3,6-8,26H,4-5,9H2,1H3,(H,24,25). The Morgan fingerprint density at radius 1 is 1.35 bits per heavy atom. The van der Waals surface area contributed by atoms with Gasteiger partial charge >= 0.3 is 0 Å². The average Bonchev–Trinajstić information content (AvgIpc) is 2.58. The minimum Gasteiger partial charge on any atom is -0.384 e. The SMILES string of the molecule is CC1(O)CCC(F)(C(=O)NCc2c(F)cc(Cl)cc2F)c2cccnc21. The molecule has 8 heteroatoms. The number of hydrogen-bond acceptors (Lipinski definition) is 3. The Bertz CT molecular complexity index is 852. The molecular formula is C18H16ClF3N2O2. The van der Waals surface area contributed by atoms with E-state index in [4.69, 9.17) is 11.6 Å². The smallest absolute Gasteiger partial charge is 0.262 e. The van der Waals surface area contributed by atoms with E-state index in [1.807, 2.05) is 0 Å². The average molecular weight is 385 g/mol. The van der Waals surface area contributed by atoms with Crippen molar-refractivity contribution in [3.8, 4) is 0 Å². The van der Waals surface area contributed by atoms with E-state index in [1.54, 1.807) is 0 Å². The molecule has 2 aromatic rings. The molecule has 4 nitrogen and oxygen atoms in total. The van der Waals surface area contributed by atoms with Crippen LogP contribution in [0.15, 0.2) is 30.5 Å². The molecule has 2 atom stereocenters. The lowest BCUT2D eigenvalue weighted by Crippen LogP contribution is -2.47. The Hall–Kier alpha value is -2.12. The number of alkyl halides is 1. The minimum atomic E-state index is -2.45. The van der Waals surface area contributed by atoms with Crippen molar-refractivity contribution in [2.75, 3.05) is 0 Å². The van der Waals surface area contributed by atoms with Crippen LogP contribution in [0.4, 0.5) is 13.2 Å². The summed E-state index contributed by atoms with van der Waals surface area (Å²) in [5, 5.41) is 12.5. The third-order valence-electron chi connectivity index (χ3n) is 4.59. The van der Waals surface area contributed by atoms with E-state index < -0.39 is 40.9 Å². The molecule has 0 spiro atoms. The fraction of sp³-hybridized carbons (Fsp3) is 0.333. The predicted octanol–water partition coefficient (Wildman–Crippen LogP) is 3.50. The van der Waals surface area contributed by atoms with Crippen LogP contribution in [0.3, 0.4) is 0 Å². The van der Waals surface area contributed by atoms with Gasteiger partial charge in [-0.2, -0.15) is 0 Å². The van der Waals surface area contributed by atoms with Crippen molar-refractivity contribution in [2.24, 2.45) is 0 Å². The number of carbonyl (C=O) groups is 1. The molecule has 1 aliphatic carbocycles. The summed E-state index contributed by atoms with van der Waals surface area (Å²) in [7, 11) is 0. The fourth-order valence-corrected chi connectivity index (χ4v) is 3.30. The number of pyridine rings is 1. The highest BCUT2D eigenvalue weighted by atomic mass is 35.5. The van der Waals surface area contributed by atoms with E-state index >= 15 is 4.39 Å². The first-order valence-electron chi connectivity index (χ1n) is 7.94. The monoisotopic (exact) mass is 384 g/mol. The normalized spacial score (nSPS) is 24.8. The van der Waals surface area contributed by atoms with Gasteiger partial charge in [-0.15, -0.1) is 0 Å². The van der Waals surface area contributed by atoms with E-state index in [1.165, 1.54) is 25.3 Å². The lowest BCUT2D eigenvalue weighted by atomic mass is 9.75. The molecule has 3 rings (SSSR count). The van der Waals surface area contributed by atoms with Crippen molar-refractivity contribution in [3.05, 3.63) is 63.9 Å². The maximum Gasteiger partial charge on any atom is 0.262 e. The van der Waals surface area contributed by atoms with E-state index in [0.717, 1.165) is 12.1 Å². The molecule has 1 aliphatic rings. The van der Waals surface area contributed by atoms with E-state index in [0.29, 0.717) is 0 Å². The fourth-order valence-electron chi connectivity index (χ4n) is 3.11. The summed E-state index contributed by atoms with van der Waals surface area (Å²) >= 11 is 5.55. The first-order valence-corrected chi connectivity index (χ1v) is 8.32. The molecule has 0 radical (unpaired) electrons. The van der Waals surface area contributed by atoms with Crippen molar-refractivity contribution in [2.45, 2.75) is 37.6 Å². The third-order valence-corrected chi connectivity index (χ3v) is 4.81. The number of halogens is 4. The number of fused-ring (bicyclic) bond motifs is 1. The van der Waals surface area contributed by atoms with Crippen LogP contribution in [0, 0.1) is 11.6 Å². The summed E-state index contributed by atoms with van der Waals surface area (Å²) in [6, 6.07) is 4.65. The number of benzene rings is 1. The summed E-state index contributed by atoms with van der Waals surface area (Å²) in [6.45, 7) is 0.958. The van der Waals surface area contributed by atoms with Crippen LogP contribution in [0.25, 0.3) is 0 Å². The van der Waals surface area contributed by atoms with Crippen molar-refractivity contribution in [3.63, 3.8) is 0 Å². The number of aromatic nitrogens is 1. The van der Waals surface area contributed by atoms with E-state index in [-0.39, 0.29) is 29.1 Å². The number of nitrogens with zero attached hydrogens (tertiary/aromatic N) is 1. The van der Waals surface area contributed by atoms with E-state index in [2.05, 4.69) is 10.3 Å². The zero-order valence-corrected chi connectivity index (χ0v) is 14.6. The van der Waals surface area contributed by atoms with Crippen molar-refractivity contribution >= 4 is 17.5 Å². The Labute approximate surface area is 153 Å². The molecule has 2 N–H and O–H groups in total. The van der Waals surface area contributed by atoms with Gasteiger partial charge in [0, 0.05) is 28.9 Å². The maximum absolute atomic E-state index is 15.5. The summed E-state index contributed by atoms with van der Waals surface area (Å²) in [6.07, 6.45) is 1.09. The summed E-state index contributed by atoms with van der Waals surface area (Å²) in [5.41, 5.74) is -4.20. The van der Waals surface area contributed by atoms with Gasteiger partial charge in [-0.3, -0.25) is 9.78 Å². The number of aliphatic hydroxyl groups is 1. The number of hydrogen-bond donors (Lipinski definition) is 2. The van der Waals surface area contributed by atoms with Crippen LogP contribution >= 0.6 is 11.6 Å². The van der Waals surface area contributed by atoms with Crippen LogP contribution < -0.4 is 5.32 Å². The van der Waals surface area contributed by atoms with Gasteiger partial charge in [0.15, 0.2) is 0 Å². The predicted molar refractivity (Wildman–Crippen MR) is 89.0 cm³/mol. The largest absolute Gasteiger partial charge is 0.384 e. The van der Waals surface area contributed by atoms with E-state index in [9.17, 15) is 18.7 Å². The first-order chi connectivity index (χ1) is 12.1. The number of nitrogens with one attached hydrogen (secondary N) is 1. The van der Waals surface area contributed by atoms with Crippen LogP contribution in [0.5, 0.6) is 0 Å². The van der Waals surface area contributed by atoms with Gasteiger partial charge < -0.3 is 10.4 Å². The van der Waals surface area contributed by atoms with Crippen molar-refractivity contribution in [1.29, 1.82) is 0 Å². The quantitative estimate of drug-likeness (QED) is 0.851. The zero-order valence-electron chi connectivity index (χ0n) is 13.8. The molecule has 138 valence electrons. The van der Waals surface area contributed by atoms with Crippen molar-refractivity contribution in [1.82, 2.24) is 10.3 Å². The van der Waals surface area contributed by atoms with Crippen LogP contribution in [0.2, 0.25) is 5.02 Å². The molecule has 0 saturated heterocycles. The minimum absolute atomic E-state index is 0.0232. The highest BCUT2D eigenvalue weighted by Crippen LogP contribution is 2.45. The second-order valence-electron chi connectivity index (χ2n) is 6.51. The lowest BCUT2D eigenvalue weighted by molar-refractivity contribution is -0.136. The molecule has 2 unspecified atom stereocenters. The van der Waals surface area contributed by atoms with Gasteiger partial charge in [-0.05, 0) is 38.0 Å². The number of rotatable bonds is 3. The second kappa shape index (κ2) is 6.55. The summed E-state index contributed by atoms with van der Waals surface area (Å²) < 4.78 is 43.2. The molecule has 0 saturated carbocycles. The van der Waals surface area contributed by atoms with Gasteiger partial charge in [0.2, 0.25) is 5.67 Å². The Kier molecular flexibility index (Phi) is 4.71. The number of carbonyl (C=O) groups excluding carboxylic acids is 1. The molecule has 1 amide bonds. The molecule has 1 aromatic heterocycles. The second-order valence-corrected chi connectivity index (χ2v) is 6.94. The van der Waals surface area contributed by atoms with Crippen LogP contribution in [-0.4, -0.2) is 16.0 Å². The molecule has 1 heterocycles. The summed E-state index contributed by atoms with van der Waals surface area (Å²) in [4.78, 5) is 16.5. The third kappa shape index (κ3) is 3.17. The van der Waals surface area contributed by atoms with Crippen molar-refractivity contribution < 1.29 is 23.1 Å². The topological polar surface area (TPSA) is 62.2 Å².